The molecule has 0 amide bonds. The molecule has 5 heteroatoms. The molecule has 2 aliphatic rings. The second-order valence-corrected chi connectivity index (χ2v) is 7.54. The van der Waals surface area contributed by atoms with Crippen molar-refractivity contribution in [2.45, 2.75) is 31.1 Å². The van der Waals surface area contributed by atoms with Gasteiger partial charge in [-0.05, 0) is 48.9 Å². The molecule has 0 aromatic heterocycles. The van der Waals surface area contributed by atoms with Crippen molar-refractivity contribution in [2.24, 2.45) is 5.92 Å². The highest BCUT2D eigenvalue weighted by Crippen LogP contribution is 2.28. The fraction of sp³-hybridized carbons (Fsp3) is 0.571. The van der Waals surface area contributed by atoms with Crippen LogP contribution in [0.15, 0.2) is 23.1 Å². The molecule has 1 atom stereocenters. The van der Waals surface area contributed by atoms with Crippen molar-refractivity contribution < 1.29 is 8.42 Å². The van der Waals surface area contributed by atoms with Gasteiger partial charge in [0.15, 0.2) is 0 Å². The zero-order chi connectivity index (χ0) is 13.5. The van der Waals surface area contributed by atoms with Crippen molar-refractivity contribution in [3.63, 3.8) is 0 Å². The first-order valence-electron chi connectivity index (χ1n) is 6.94. The van der Waals surface area contributed by atoms with E-state index >= 15 is 0 Å². The molecule has 0 aliphatic carbocycles. The topological polar surface area (TPSA) is 49.4 Å². The molecule has 0 radical (unpaired) electrons. The molecule has 1 aromatic carbocycles. The van der Waals surface area contributed by atoms with Gasteiger partial charge in [-0.25, -0.2) is 8.42 Å². The lowest BCUT2D eigenvalue weighted by Crippen LogP contribution is -2.29. The van der Waals surface area contributed by atoms with Crippen LogP contribution in [0.2, 0.25) is 0 Å². The molecule has 1 unspecified atom stereocenters. The highest BCUT2D eigenvalue weighted by atomic mass is 32.2. The average molecular weight is 280 g/mol. The van der Waals surface area contributed by atoms with Crippen molar-refractivity contribution >= 4 is 15.7 Å². The molecule has 1 fully saturated rings. The summed E-state index contributed by atoms with van der Waals surface area (Å²) in [6, 6.07) is 5.48. The summed E-state index contributed by atoms with van der Waals surface area (Å²) < 4.78 is 26.8. The molecule has 4 nitrogen and oxygen atoms in total. The third-order valence-corrected chi connectivity index (χ3v) is 5.90. The zero-order valence-electron chi connectivity index (χ0n) is 11.2. The maximum atomic E-state index is 12.6. The van der Waals surface area contributed by atoms with Gasteiger partial charge in [0.2, 0.25) is 10.0 Å². The molecule has 0 bridgehead atoms. The van der Waals surface area contributed by atoms with Crippen LogP contribution in [0.1, 0.15) is 25.3 Å². The van der Waals surface area contributed by atoms with Gasteiger partial charge in [0.1, 0.15) is 0 Å². The molecule has 19 heavy (non-hydrogen) atoms. The number of sulfonamides is 1. The number of aryl methyl sites for hydroxylation is 1. The first kappa shape index (κ1) is 12.9. The summed E-state index contributed by atoms with van der Waals surface area (Å²) in [4.78, 5) is 0.448. The molecule has 1 saturated heterocycles. The summed E-state index contributed by atoms with van der Waals surface area (Å²) in [6.07, 6.45) is 2.99. The van der Waals surface area contributed by atoms with Gasteiger partial charge in [0, 0.05) is 25.3 Å². The third kappa shape index (κ3) is 2.37. The normalized spacial score (nSPS) is 23.9. The predicted octanol–water partition coefficient (Wildman–Crippen LogP) is 2.08. The van der Waals surface area contributed by atoms with Crippen LogP contribution < -0.4 is 5.32 Å². The molecule has 2 aliphatic heterocycles. The molecular weight excluding hydrogens is 260 g/mol. The maximum Gasteiger partial charge on any atom is 0.243 e. The minimum Gasteiger partial charge on any atom is -0.385 e. The number of nitrogens with zero attached hydrogens (tertiary/aromatic N) is 1. The van der Waals surface area contributed by atoms with Crippen molar-refractivity contribution in [1.82, 2.24) is 4.31 Å². The molecule has 0 saturated carbocycles. The van der Waals surface area contributed by atoms with Gasteiger partial charge < -0.3 is 5.32 Å². The van der Waals surface area contributed by atoms with Gasteiger partial charge in [-0.1, -0.05) is 6.92 Å². The van der Waals surface area contributed by atoms with Crippen LogP contribution in [0.5, 0.6) is 0 Å². The van der Waals surface area contributed by atoms with Crippen LogP contribution >= 0.6 is 0 Å². The Labute approximate surface area is 114 Å². The lowest BCUT2D eigenvalue weighted by atomic mass is 10.0. The van der Waals surface area contributed by atoms with Crippen LogP contribution in [-0.4, -0.2) is 32.4 Å². The van der Waals surface area contributed by atoms with Gasteiger partial charge in [-0.15, -0.1) is 0 Å². The van der Waals surface area contributed by atoms with E-state index in [9.17, 15) is 8.42 Å². The lowest BCUT2D eigenvalue weighted by molar-refractivity contribution is 0.464. The minimum absolute atomic E-state index is 0.448. The van der Waals surface area contributed by atoms with Crippen molar-refractivity contribution in [3.8, 4) is 0 Å². The Morgan fingerprint density at radius 2 is 2.21 bits per heavy atom. The largest absolute Gasteiger partial charge is 0.385 e. The fourth-order valence-electron chi connectivity index (χ4n) is 2.87. The van der Waals surface area contributed by atoms with Gasteiger partial charge in [-0.3, -0.25) is 0 Å². The lowest BCUT2D eigenvalue weighted by Gasteiger charge is -2.21. The maximum absolute atomic E-state index is 12.6. The Kier molecular flexibility index (Phi) is 3.27. The van der Waals surface area contributed by atoms with Gasteiger partial charge in [-0.2, -0.15) is 4.31 Å². The number of hydrogen-bond donors (Lipinski definition) is 1. The van der Waals surface area contributed by atoms with Crippen LogP contribution in [0.4, 0.5) is 5.69 Å². The SMILES string of the molecule is CC1CCN(S(=O)(=O)c2ccc3c(c2)CCCN3)C1. The van der Waals surface area contributed by atoms with Crippen molar-refractivity contribution in [1.29, 1.82) is 0 Å². The van der Waals surface area contributed by atoms with E-state index in [4.69, 9.17) is 0 Å². The standard InChI is InChI=1S/C14H20N2O2S/c1-11-6-8-16(10-11)19(17,18)13-4-5-14-12(9-13)3-2-7-15-14/h4-5,9,11,15H,2-3,6-8,10H2,1H3. The second kappa shape index (κ2) is 4.80. The zero-order valence-corrected chi connectivity index (χ0v) is 12.0. The van der Waals surface area contributed by atoms with Crippen LogP contribution in [0, 0.1) is 5.92 Å². The summed E-state index contributed by atoms with van der Waals surface area (Å²) in [7, 11) is -3.30. The first-order chi connectivity index (χ1) is 9.07. The van der Waals surface area contributed by atoms with Crippen LogP contribution in [-0.2, 0) is 16.4 Å². The summed E-state index contributed by atoms with van der Waals surface area (Å²) in [5.74, 6) is 0.467. The summed E-state index contributed by atoms with van der Waals surface area (Å²) in [5.41, 5.74) is 2.21. The van der Waals surface area contributed by atoms with E-state index in [1.54, 1.807) is 10.4 Å². The molecule has 104 valence electrons. The number of anilines is 1. The Morgan fingerprint density at radius 3 is 2.95 bits per heavy atom. The Bertz CT molecular complexity index is 583. The highest BCUT2D eigenvalue weighted by molar-refractivity contribution is 7.89. The average Bonchev–Trinajstić information content (AvgIpc) is 2.85. The number of fused-ring (bicyclic) bond motifs is 1. The molecule has 2 heterocycles. The number of rotatable bonds is 2. The van der Waals surface area contributed by atoms with E-state index in [1.807, 2.05) is 12.1 Å². The van der Waals surface area contributed by atoms with Crippen LogP contribution in [0.3, 0.4) is 0 Å². The van der Waals surface area contributed by atoms with E-state index in [1.165, 1.54) is 0 Å². The van der Waals surface area contributed by atoms with Crippen molar-refractivity contribution in [2.75, 3.05) is 25.0 Å². The Morgan fingerprint density at radius 1 is 1.37 bits per heavy atom. The van der Waals surface area contributed by atoms with E-state index in [0.717, 1.165) is 37.1 Å². The quantitative estimate of drug-likeness (QED) is 0.902. The molecule has 3 rings (SSSR count). The summed E-state index contributed by atoms with van der Waals surface area (Å²) >= 11 is 0. The number of nitrogens with one attached hydrogen (secondary N) is 1. The second-order valence-electron chi connectivity index (χ2n) is 5.61. The first-order valence-corrected chi connectivity index (χ1v) is 8.38. The van der Waals surface area contributed by atoms with E-state index in [2.05, 4.69) is 12.2 Å². The Hall–Kier alpha value is -1.07. The van der Waals surface area contributed by atoms with Gasteiger partial charge in [0.05, 0.1) is 4.90 Å². The molecule has 0 spiro atoms. The summed E-state index contributed by atoms with van der Waals surface area (Å²) in [6.45, 7) is 4.38. The van der Waals surface area contributed by atoms with Gasteiger partial charge >= 0.3 is 0 Å². The third-order valence-electron chi connectivity index (χ3n) is 4.04. The summed E-state index contributed by atoms with van der Waals surface area (Å²) in [5, 5.41) is 3.31. The van der Waals surface area contributed by atoms with E-state index in [-0.39, 0.29) is 0 Å². The smallest absolute Gasteiger partial charge is 0.243 e. The molecular formula is C14H20N2O2S. The Balaban J connectivity index is 1.93. The molecule has 1 N–H and O–H groups in total. The predicted molar refractivity (Wildman–Crippen MR) is 75.8 cm³/mol. The number of hydrogen-bond acceptors (Lipinski definition) is 3. The highest BCUT2D eigenvalue weighted by Gasteiger charge is 2.31. The number of benzene rings is 1. The monoisotopic (exact) mass is 280 g/mol. The van der Waals surface area contributed by atoms with Crippen molar-refractivity contribution in [3.05, 3.63) is 23.8 Å². The van der Waals surface area contributed by atoms with Gasteiger partial charge in [0.25, 0.3) is 0 Å². The van der Waals surface area contributed by atoms with E-state index < -0.39 is 10.0 Å². The fourth-order valence-corrected chi connectivity index (χ4v) is 4.50. The van der Waals surface area contributed by atoms with Crippen LogP contribution in [0.25, 0.3) is 0 Å². The van der Waals surface area contributed by atoms with E-state index in [0.29, 0.717) is 23.9 Å². The molecule has 1 aromatic rings. The minimum atomic E-state index is -3.30.